The fraction of sp³-hybridized carbons (Fsp3) is 0.412. The standard InChI is InChI=1S/C17H19ClN4O/c18-12-5-2-6-13(9-12)19-17(23)22-8-7-15-14(10-22)16(21-20-15)11-3-1-4-11/h2,5-6,9,11H,1,3-4,7-8,10H2,(H,19,23)(H,20,21). The summed E-state index contributed by atoms with van der Waals surface area (Å²) in [4.78, 5) is 14.4. The molecular weight excluding hydrogens is 312 g/mol. The van der Waals surface area contributed by atoms with Crippen LogP contribution >= 0.6 is 11.6 Å². The lowest BCUT2D eigenvalue weighted by atomic mass is 9.81. The number of nitrogens with one attached hydrogen (secondary N) is 2. The predicted molar refractivity (Wildman–Crippen MR) is 89.8 cm³/mol. The number of amides is 2. The first-order chi connectivity index (χ1) is 11.2. The van der Waals surface area contributed by atoms with Crippen molar-refractivity contribution in [3.8, 4) is 0 Å². The lowest BCUT2D eigenvalue weighted by Gasteiger charge is -2.30. The van der Waals surface area contributed by atoms with E-state index in [1.807, 2.05) is 17.0 Å². The molecule has 0 atom stereocenters. The maximum atomic E-state index is 12.5. The molecule has 2 N–H and O–H groups in total. The van der Waals surface area contributed by atoms with Crippen molar-refractivity contribution in [1.82, 2.24) is 15.1 Å². The van der Waals surface area contributed by atoms with Gasteiger partial charge in [0.2, 0.25) is 0 Å². The van der Waals surface area contributed by atoms with E-state index >= 15 is 0 Å². The number of anilines is 1. The van der Waals surface area contributed by atoms with E-state index in [0.29, 0.717) is 24.0 Å². The fourth-order valence-corrected chi connectivity index (χ4v) is 3.47. The SMILES string of the molecule is O=C(Nc1cccc(Cl)c1)N1CCc2[nH]nc(C3CCC3)c2C1. The summed E-state index contributed by atoms with van der Waals surface area (Å²) in [6.07, 6.45) is 4.54. The van der Waals surface area contributed by atoms with E-state index in [-0.39, 0.29) is 6.03 Å². The van der Waals surface area contributed by atoms with Crippen LogP contribution in [0.5, 0.6) is 0 Å². The highest BCUT2D eigenvalue weighted by molar-refractivity contribution is 6.30. The lowest BCUT2D eigenvalue weighted by molar-refractivity contribution is 0.205. The predicted octanol–water partition coefficient (Wildman–Crippen LogP) is 3.92. The molecule has 120 valence electrons. The molecule has 1 aliphatic heterocycles. The molecule has 2 amide bonds. The molecule has 1 aliphatic carbocycles. The number of carbonyl (C=O) groups is 1. The van der Waals surface area contributed by atoms with Crippen LogP contribution in [0, 0.1) is 0 Å². The Balaban J connectivity index is 1.48. The first-order valence-electron chi connectivity index (χ1n) is 8.08. The third-order valence-corrected chi connectivity index (χ3v) is 5.06. The number of urea groups is 1. The van der Waals surface area contributed by atoms with Crippen LogP contribution in [0.4, 0.5) is 10.5 Å². The monoisotopic (exact) mass is 330 g/mol. The van der Waals surface area contributed by atoms with Gasteiger partial charge in [-0.3, -0.25) is 5.10 Å². The Labute approximate surface area is 140 Å². The summed E-state index contributed by atoms with van der Waals surface area (Å²) in [6.45, 7) is 1.33. The first kappa shape index (κ1) is 14.6. The number of aromatic amines is 1. The van der Waals surface area contributed by atoms with Gasteiger partial charge in [0, 0.05) is 40.9 Å². The minimum absolute atomic E-state index is 0.0846. The Morgan fingerprint density at radius 2 is 2.26 bits per heavy atom. The number of hydrogen-bond acceptors (Lipinski definition) is 2. The summed E-state index contributed by atoms with van der Waals surface area (Å²) in [5, 5.41) is 11.2. The van der Waals surface area contributed by atoms with Gasteiger partial charge in [-0.15, -0.1) is 0 Å². The largest absolute Gasteiger partial charge is 0.322 e. The van der Waals surface area contributed by atoms with Crippen molar-refractivity contribution >= 4 is 23.3 Å². The van der Waals surface area contributed by atoms with Crippen LogP contribution in [0.3, 0.4) is 0 Å². The lowest BCUT2D eigenvalue weighted by Crippen LogP contribution is -2.39. The Bertz CT molecular complexity index is 738. The van der Waals surface area contributed by atoms with Crippen molar-refractivity contribution in [3.63, 3.8) is 0 Å². The van der Waals surface area contributed by atoms with Crippen molar-refractivity contribution in [2.45, 2.75) is 38.1 Å². The Hall–Kier alpha value is -2.01. The second kappa shape index (κ2) is 5.89. The van der Waals surface area contributed by atoms with E-state index in [2.05, 4.69) is 15.5 Å². The minimum atomic E-state index is -0.0846. The summed E-state index contributed by atoms with van der Waals surface area (Å²) < 4.78 is 0. The number of H-pyrrole nitrogens is 1. The molecule has 4 rings (SSSR count). The molecule has 1 aromatic heterocycles. The molecule has 0 unspecified atom stereocenters. The van der Waals surface area contributed by atoms with Gasteiger partial charge in [0.05, 0.1) is 12.2 Å². The molecule has 5 nitrogen and oxygen atoms in total. The van der Waals surface area contributed by atoms with Gasteiger partial charge >= 0.3 is 6.03 Å². The highest BCUT2D eigenvalue weighted by atomic mass is 35.5. The molecule has 0 radical (unpaired) electrons. The molecule has 1 fully saturated rings. The molecule has 2 heterocycles. The molecule has 2 aromatic rings. The van der Waals surface area contributed by atoms with Crippen LogP contribution in [-0.4, -0.2) is 27.7 Å². The molecular formula is C17H19ClN4O. The van der Waals surface area contributed by atoms with Crippen molar-refractivity contribution in [2.24, 2.45) is 0 Å². The maximum Gasteiger partial charge on any atom is 0.322 e. The number of halogens is 1. The summed E-state index contributed by atoms with van der Waals surface area (Å²) in [5.74, 6) is 0.575. The third-order valence-electron chi connectivity index (χ3n) is 4.82. The molecule has 1 saturated carbocycles. The second-order valence-electron chi connectivity index (χ2n) is 6.31. The van der Waals surface area contributed by atoms with Gasteiger partial charge in [0.1, 0.15) is 0 Å². The minimum Gasteiger partial charge on any atom is -0.320 e. The zero-order chi connectivity index (χ0) is 15.8. The number of carbonyl (C=O) groups excluding carboxylic acids is 1. The third kappa shape index (κ3) is 2.81. The number of rotatable bonds is 2. The number of benzene rings is 1. The van der Waals surface area contributed by atoms with E-state index < -0.39 is 0 Å². The first-order valence-corrected chi connectivity index (χ1v) is 8.46. The van der Waals surface area contributed by atoms with Gasteiger partial charge in [0.15, 0.2) is 0 Å². The van der Waals surface area contributed by atoms with Crippen molar-refractivity contribution in [2.75, 3.05) is 11.9 Å². The summed E-state index contributed by atoms with van der Waals surface area (Å²) in [6, 6.07) is 7.14. The van der Waals surface area contributed by atoms with E-state index in [9.17, 15) is 4.79 Å². The average Bonchev–Trinajstić information content (AvgIpc) is 2.88. The highest BCUT2D eigenvalue weighted by Gasteiger charge is 2.30. The van der Waals surface area contributed by atoms with E-state index in [1.165, 1.54) is 36.2 Å². The summed E-state index contributed by atoms with van der Waals surface area (Å²) in [5.41, 5.74) is 4.31. The molecule has 0 bridgehead atoms. The highest BCUT2D eigenvalue weighted by Crippen LogP contribution is 2.38. The number of fused-ring (bicyclic) bond motifs is 1. The zero-order valence-corrected chi connectivity index (χ0v) is 13.6. The maximum absolute atomic E-state index is 12.5. The normalized spacial score (nSPS) is 17.5. The number of nitrogens with zero attached hydrogens (tertiary/aromatic N) is 2. The van der Waals surface area contributed by atoms with Crippen LogP contribution in [0.25, 0.3) is 0 Å². The molecule has 6 heteroatoms. The summed E-state index contributed by atoms with van der Waals surface area (Å²) in [7, 11) is 0. The molecule has 23 heavy (non-hydrogen) atoms. The Morgan fingerprint density at radius 3 is 3.00 bits per heavy atom. The van der Waals surface area contributed by atoms with Gasteiger partial charge in [-0.05, 0) is 31.0 Å². The quantitative estimate of drug-likeness (QED) is 0.876. The smallest absolute Gasteiger partial charge is 0.320 e. The zero-order valence-electron chi connectivity index (χ0n) is 12.8. The summed E-state index contributed by atoms with van der Waals surface area (Å²) >= 11 is 5.97. The van der Waals surface area contributed by atoms with Gasteiger partial charge in [-0.1, -0.05) is 24.1 Å². The van der Waals surface area contributed by atoms with Crippen LogP contribution in [-0.2, 0) is 13.0 Å². The molecule has 2 aliphatic rings. The van der Waals surface area contributed by atoms with Crippen LogP contribution in [0.1, 0.15) is 42.1 Å². The topological polar surface area (TPSA) is 61.0 Å². The van der Waals surface area contributed by atoms with E-state index in [4.69, 9.17) is 11.6 Å². The van der Waals surface area contributed by atoms with Crippen LogP contribution in [0.15, 0.2) is 24.3 Å². The van der Waals surface area contributed by atoms with Crippen molar-refractivity contribution < 1.29 is 4.79 Å². The van der Waals surface area contributed by atoms with E-state index in [1.54, 1.807) is 12.1 Å². The van der Waals surface area contributed by atoms with E-state index in [0.717, 1.165) is 12.1 Å². The Morgan fingerprint density at radius 1 is 1.39 bits per heavy atom. The molecule has 0 spiro atoms. The van der Waals surface area contributed by atoms with Crippen LogP contribution in [0.2, 0.25) is 5.02 Å². The van der Waals surface area contributed by atoms with Crippen molar-refractivity contribution in [1.29, 1.82) is 0 Å². The van der Waals surface area contributed by atoms with Gasteiger partial charge in [0.25, 0.3) is 0 Å². The molecule has 0 saturated heterocycles. The number of hydrogen-bond donors (Lipinski definition) is 2. The van der Waals surface area contributed by atoms with Crippen LogP contribution < -0.4 is 5.32 Å². The number of aromatic nitrogens is 2. The van der Waals surface area contributed by atoms with Gasteiger partial charge in [-0.25, -0.2) is 4.79 Å². The average molecular weight is 331 g/mol. The van der Waals surface area contributed by atoms with Gasteiger partial charge < -0.3 is 10.2 Å². The van der Waals surface area contributed by atoms with Gasteiger partial charge in [-0.2, -0.15) is 5.10 Å². The molecule has 1 aromatic carbocycles. The fourth-order valence-electron chi connectivity index (χ4n) is 3.28. The Kier molecular flexibility index (Phi) is 3.73. The second-order valence-corrected chi connectivity index (χ2v) is 6.74. The van der Waals surface area contributed by atoms with Crippen molar-refractivity contribution in [3.05, 3.63) is 46.2 Å².